The van der Waals surface area contributed by atoms with Gasteiger partial charge in [-0.15, -0.1) is 0 Å². The van der Waals surface area contributed by atoms with E-state index < -0.39 is 17.4 Å². The lowest BCUT2D eigenvalue weighted by Gasteiger charge is -2.10. The maximum absolute atomic E-state index is 13.9. The van der Waals surface area contributed by atoms with Gasteiger partial charge < -0.3 is 16.6 Å². The van der Waals surface area contributed by atoms with Gasteiger partial charge in [-0.1, -0.05) is 6.07 Å². The normalized spacial score (nSPS) is 15.7. The highest BCUT2D eigenvalue weighted by Crippen LogP contribution is 2.38. The highest BCUT2D eigenvalue weighted by Gasteiger charge is 2.28. The second-order valence-electron chi connectivity index (χ2n) is 7.13. The number of benzene rings is 2. The molecule has 4 aromatic rings. The molecule has 1 aliphatic rings. The van der Waals surface area contributed by atoms with Crippen molar-refractivity contribution in [3.05, 3.63) is 59.4 Å². The first-order valence-electron chi connectivity index (χ1n) is 8.96. The maximum Gasteiger partial charge on any atom is 0.200 e. The van der Waals surface area contributed by atoms with Crippen molar-refractivity contribution >= 4 is 22.5 Å². The molecule has 0 bridgehead atoms. The average molecular weight is 394 g/mol. The van der Waals surface area contributed by atoms with Crippen molar-refractivity contribution < 1.29 is 13.9 Å². The highest BCUT2D eigenvalue weighted by atomic mass is 19.2. The van der Waals surface area contributed by atoms with Gasteiger partial charge in [-0.2, -0.15) is 9.49 Å². The Bertz CT molecular complexity index is 1260. The van der Waals surface area contributed by atoms with Crippen LogP contribution in [0.2, 0.25) is 0 Å². The van der Waals surface area contributed by atoms with Crippen molar-refractivity contribution in [1.29, 1.82) is 0 Å². The van der Waals surface area contributed by atoms with E-state index in [4.69, 9.17) is 11.5 Å². The summed E-state index contributed by atoms with van der Waals surface area (Å²) in [4.78, 5) is 8.34. The molecule has 5 rings (SSSR count). The second kappa shape index (κ2) is 6.13. The Hall–Kier alpha value is -3.75. The van der Waals surface area contributed by atoms with E-state index in [1.165, 1.54) is 11.9 Å². The number of fused-ring (bicyclic) bond motifs is 2. The van der Waals surface area contributed by atoms with Gasteiger partial charge in [0.1, 0.15) is 17.8 Å². The van der Waals surface area contributed by atoms with Gasteiger partial charge in [-0.3, -0.25) is 0 Å². The van der Waals surface area contributed by atoms with Crippen LogP contribution >= 0.6 is 0 Å². The van der Waals surface area contributed by atoms with Crippen molar-refractivity contribution in [1.82, 2.24) is 19.7 Å². The molecule has 5 N–H and O–H groups in total. The number of phenols is 1. The molecule has 0 fully saturated rings. The number of nitrogens with two attached hydrogens (primary N) is 2. The Kier molecular flexibility index (Phi) is 3.67. The number of anilines is 2. The number of nitrogen functional groups attached to an aromatic ring is 2. The molecule has 0 aliphatic heterocycles. The SMILES string of the molecule is Nc1ccc2c(c1)CC(n1nc(-c3cc(O)c(F)c(F)c3)c3c(N)ncnc31)C2. The standard InChI is InChI=1S/C20H16F2N6O/c21-14-6-11(7-15(29)17(14)22)18-16-19(24)25-8-26-20(16)28(27-18)13-4-9-1-2-12(23)3-10(9)5-13/h1-3,6-8,13,29H,4-5,23H2,(H2,24,25,26). The van der Waals surface area contributed by atoms with Crippen LogP contribution in [0.3, 0.4) is 0 Å². The fraction of sp³-hybridized carbons (Fsp3) is 0.150. The molecule has 7 nitrogen and oxygen atoms in total. The third kappa shape index (κ3) is 2.65. The number of hydrogen-bond acceptors (Lipinski definition) is 6. The third-order valence-electron chi connectivity index (χ3n) is 5.29. The van der Waals surface area contributed by atoms with E-state index in [0.717, 1.165) is 24.1 Å². The van der Waals surface area contributed by atoms with Crippen LogP contribution in [0.25, 0.3) is 22.3 Å². The van der Waals surface area contributed by atoms with Crippen molar-refractivity contribution in [2.24, 2.45) is 0 Å². The predicted molar refractivity (Wildman–Crippen MR) is 104 cm³/mol. The Morgan fingerprint density at radius 2 is 1.83 bits per heavy atom. The minimum atomic E-state index is -1.31. The summed E-state index contributed by atoms with van der Waals surface area (Å²) in [6.07, 6.45) is 2.75. The van der Waals surface area contributed by atoms with E-state index in [0.29, 0.717) is 23.1 Å². The molecule has 1 aliphatic carbocycles. The van der Waals surface area contributed by atoms with Gasteiger partial charge in [0, 0.05) is 11.3 Å². The summed E-state index contributed by atoms with van der Waals surface area (Å²) in [5.74, 6) is -3.13. The van der Waals surface area contributed by atoms with Gasteiger partial charge in [-0.25, -0.2) is 19.0 Å². The van der Waals surface area contributed by atoms with Crippen LogP contribution in [-0.4, -0.2) is 24.9 Å². The molecule has 0 spiro atoms. The lowest BCUT2D eigenvalue weighted by Crippen LogP contribution is -2.11. The lowest BCUT2D eigenvalue weighted by atomic mass is 10.1. The molecule has 29 heavy (non-hydrogen) atoms. The van der Waals surface area contributed by atoms with Gasteiger partial charge in [0.15, 0.2) is 23.0 Å². The smallest absolute Gasteiger partial charge is 0.200 e. The Balaban J connectivity index is 1.68. The van der Waals surface area contributed by atoms with Gasteiger partial charge in [0.25, 0.3) is 0 Å². The third-order valence-corrected chi connectivity index (χ3v) is 5.29. The molecular formula is C20H16F2N6O. The fourth-order valence-electron chi connectivity index (χ4n) is 3.95. The molecule has 1 unspecified atom stereocenters. The predicted octanol–water partition coefficient (Wildman–Crippen LogP) is 2.98. The van der Waals surface area contributed by atoms with Crippen LogP contribution < -0.4 is 11.5 Å². The van der Waals surface area contributed by atoms with E-state index in [9.17, 15) is 13.9 Å². The van der Waals surface area contributed by atoms with Crippen LogP contribution in [0.5, 0.6) is 5.75 Å². The number of aromatic hydroxyl groups is 1. The summed E-state index contributed by atoms with van der Waals surface area (Å²) in [6, 6.07) is 7.83. The molecule has 9 heteroatoms. The first-order chi connectivity index (χ1) is 13.9. The van der Waals surface area contributed by atoms with Crippen LogP contribution in [0.4, 0.5) is 20.3 Å². The van der Waals surface area contributed by atoms with E-state index in [2.05, 4.69) is 15.1 Å². The van der Waals surface area contributed by atoms with Crippen LogP contribution in [0.15, 0.2) is 36.7 Å². The van der Waals surface area contributed by atoms with Crippen molar-refractivity contribution in [2.75, 3.05) is 11.5 Å². The largest absolute Gasteiger partial charge is 0.505 e. The van der Waals surface area contributed by atoms with E-state index in [1.807, 2.05) is 18.2 Å². The zero-order valence-electron chi connectivity index (χ0n) is 15.1. The number of phenolic OH excluding ortho intramolecular Hbond substituents is 1. The monoisotopic (exact) mass is 394 g/mol. The minimum absolute atomic E-state index is 0.0451. The summed E-state index contributed by atoms with van der Waals surface area (Å²) in [7, 11) is 0. The molecule has 2 aromatic carbocycles. The first-order valence-corrected chi connectivity index (χ1v) is 8.96. The number of nitrogens with zero attached hydrogens (tertiary/aromatic N) is 4. The summed E-state index contributed by atoms with van der Waals surface area (Å²) in [5, 5.41) is 14.8. The van der Waals surface area contributed by atoms with Crippen molar-refractivity contribution in [3.63, 3.8) is 0 Å². The lowest BCUT2D eigenvalue weighted by molar-refractivity contribution is 0.407. The molecule has 146 valence electrons. The first kappa shape index (κ1) is 17.4. The molecule has 2 heterocycles. The quantitative estimate of drug-likeness (QED) is 0.450. The Morgan fingerprint density at radius 1 is 1.03 bits per heavy atom. The molecule has 0 saturated carbocycles. The summed E-state index contributed by atoms with van der Waals surface area (Å²) < 4.78 is 29.2. The fourth-order valence-corrected chi connectivity index (χ4v) is 3.95. The summed E-state index contributed by atoms with van der Waals surface area (Å²) >= 11 is 0. The van der Waals surface area contributed by atoms with Gasteiger partial charge >= 0.3 is 0 Å². The van der Waals surface area contributed by atoms with Crippen molar-refractivity contribution in [3.8, 4) is 17.0 Å². The van der Waals surface area contributed by atoms with E-state index >= 15 is 0 Å². The number of aromatic nitrogens is 4. The Labute approximate surface area is 163 Å². The zero-order chi connectivity index (χ0) is 20.3. The number of hydrogen-bond donors (Lipinski definition) is 3. The van der Waals surface area contributed by atoms with Crippen molar-refractivity contribution in [2.45, 2.75) is 18.9 Å². The second-order valence-corrected chi connectivity index (χ2v) is 7.13. The van der Waals surface area contributed by atoms with Gasteiger partial charge in [0.2, 0.25) is 0 Å². The topological polar surface area (TPSA) is 116 Å². The molecular weight excluding hydrogens is 378 g/mol. The van der Waals surface area contributed by atoms with Crippen LogP contribution in [0.1, 0.15) is 17.2 Å². The number of rotatable bonds is 2. The minimum Gasteiger partial charge on any atom is -0.505 e. The van der Waals surface area contributed by atoms with E-state index in [-0.39, 0.29) is 23.1 Å². The van der Waals surface area contributed by atoms with E-state index in [1.54, 1.807) is 4.68 Å². The maximum atomic E-state index is 13.9. The van der Waals surface area contributed by atoms with Crippen LogP contribution in [0, 0.1) is 11.6 Å². The molecule has 1 atom stereocenters. The molecule has 0 saturated heterocycles. The Morgan fingerprint density at radius 3 is 2.62 bits per heavy atom. The molecule has 0 amide bonds. The van der Waals surface area contributed by atoms with Crippen LogP contribution in [-0.2, 0) is 12.8 Å². The van der Waals surface area contributed by atoms with Gasteiger partial charge in [-0.05, 0) is 48.2 Å². The highest BCUT2D eigenvalue weighted by molar-refractivity contribution is 5.98. The summed E-state index contributed by atoms with van der Waals surface area (Å²) in [5.41, 5.74) is 15.9. The average Bonchev–Trinajstić information content (AvgIpc) is 3.27. The summed E-state index contributed by atoms with van der Waals surface area (Å²) in [6.45, 7) is 0. The van der Waals surface area contributed by atoms with Gasteiger partial charge in [0.05, 0.1) is 11.4 Å². The number of halogens is 2. The molecule has 2 aromatic heterocycles. The zero-order valence-corrected chi connectivity index (χ0v) is 15.1. The molecule has 0 radical (unpaired) electrons.